The highest BCUT2D eigenvalue weighted by Crippen LogP contribution is 2.47. The van der Waals surface area contributed by atoms with Crippen molar-refractivity contribution < 1.29 is 13.5 Å². The maximum absolute atomic E-state index is 13.9. The summed E-state index contributed by atoms with van der Waals surface area (Å²) in [6, 6.07) is 5.47. The lowest BCUT2D eigenvalue weighted by Gasteiger charge is -2.36. The van der Waals surface area contributed by atoms with Crippen LogP contribution in [0.5, 0.6) is 5.75 Å². The summed E-state index contributed by atoms with van der Waals surface area (Å²) >= 11 is 0. The quantitative estimate of drug-likeness (QED) is 0.708. The second kappa shape index (κ2) is 3.72. The van der Waals surface area contributed by atoms with E-state index in [1.54, 1.807) is 6.07 Å². The van der Waals surface area contributed by atoms with Gasteiger partial charge in [-0.3, -0.25) is 0 Å². The van der Waals surface area contributed by atoms with E-state index in [0.717, 1.165) is 5.56 Å². The molecule has 16 heavy (non-hydrogen) atoms. The normalized spacial score (nSPS) is 22.8. The zero-order valence-corrected chi connectivity index (χ0v) is 9.76. The van der Waals surface area contributed by atoms with Gasteiger partial charge in [0.1, 0.15) is 5.75 Å². The smallest absolute Gasteiger partial charge is 0.288 e. The van der Waals surface area contributed by atoms with Gasteiger partial charge in [-0.25, -0.2) is 8.78 Å². The molecule has 1 atom stereocenters. The van der Waals surface area contributed by atoms with Crippen molar-refractivity contribution in [3.8, 4) is 5.75 Å². The van der Waals surface area contributed by atoms with Crippen LogP contribution in [0.25, 0.3) is 0 Å². The van der Waals surface area contributed by atoms with Gasteiger partial charge in [-0.05, 0) is 24.5 Å². The Morgan fingerprint density at radius 1 is 1.38 bits per heavy atom. The Bertz CT molecular complexity index is 399. The molecule has 0 fully saturated rings. The fraction of sp³-hybridized carbons (Fsp3) is 0.538. The molecule has 88 valence electrons. The van der Waals surface area contributed by atoms with Crippen molar-refractivity contribution in [1.82, 2.24) is 0 Å². The minimum atomic E-state index is -2.77. The summed E-state index contributed by atoms with van der Waals surface area (Å²) in [7, 11) is 0. The highest BCUT2D eigenvalue weighted by molar-refractivity contribution is 5.45. The summed E-state index contributed by atoms with van der Waals surface area (Å²) in [4.78, 5) is 0. The minimum absolute atomic E-state index is 0.0984. The van der Waals surface area contributed by atoms with E-state index in [2.05, 4.69) is 0 Å². The fourth-order valence-electron chi connectivity index (χ4n) is 2.47. The van der Waals surface area contributed by atoms with Crippen LogP contribution in [0.4, 0.5) is 8.78 Å². The maximum Gasteiger partial charge on any atom is 0.288 e. The Balaban J connectivity index is 2.57. The largest absolute Gasteiger partial charge is 0.487 e. The van der Waals surface area contributed by atoms with Crippen LogP contribution >= 0.6 is 0 Å². The number of hydrogen-bond acceptors (Lipinski definition) is 1. The molecule has 1 aromatic rings. The van der Waals surface area contributed by atoms with Crippen LogP contribution in [-0.4, -0.2) is 12.5 Å². The topological polar surface area (TPSA) is 9.23 Å². The standard InChI is InChI=1S/C13H16F2O/c1-8(2)12-11-9(3)5-4-6-10(11)16-7-13(12,14)15/h4-6,8,12H,7H2,1-3H3. The van der Waals surface area contributed by atoms with Gasteiger partial charge >= 0.3 is 0 Å². The van der Waals surface area contributed by atoms with E-state index in [9.17, 15) is 8.78 Å². The average molecular weight is 226 g/mol. The third kappa shape index (κ3) is 1.68. The SMILES string of the molecule is Cc1cccc2c1C(C(C)C)C(F)(F)CO2. The molecule has 0 aromatic heterocycles. The minimum Gasteiger partial charge on any atom is -0.487 e. The van der Waals surface area contributed by atoms with Crippen LogP contribution in [0, 0.1) is 12.8 Å². The van der Waals surface area contributed by atoms with E-state index in [1.807, 2.05) is 32.9 Å². The first-order valence-corrected chi connectivity index (χ1v) is 5.53. The predicted octanol–water partition coefficient (Wildman–Crippen LogP) is 3.76. The summed E-state index contributed by atoms with van der Waals surface area (Å²) in [5.74, 6) is -2.99. The van der Waals surface area contributed by atoms with E-state index < -0.39 is 18.4 Å². The lowest BCUT2D eigenvalue weighted by Crippen LogP contribution is -2.40. The zero-order chi connectivity index (χ0) is 11.9. The number of alkyl halides is 2. The van der Waals surface area contributed by atoms with Gasteiger partial charge in [0.05, 0.1) is 5.92 Å². The third-order valence-electron chi connectivity index (χ3n) is 3.14. The Morgan fingerprint density at radius 2 is 2.06 bits per heavy atom. The van der Waals surface area contributed by atoms with Crippen LogP contribution in [0.3, 0.4) is 0 Å². The number of hydrogen-bond donors (Lipinski definition) is 0. The molecule has 0 saturated carbocycles. The van der Waals surface area contributed by atoms with Gasteiger partial charge in [0, 0.05) is 5.56 Å². The van der Waals surface area contributed by atoms with Gasteiger partial charge < -0.3 is 4.74 Å². The van der Waals surface area contributed by atoms with E-state index in [1.165, 1.54) is 0 Å². The van der Waals surface area contributed by atoms with E-state index in [4.69, 9.17) is 4.74 Å². The lowest BCUT2D eigenvalue weighted by atomic mass is 9.79. The number of fused-ring (bicyclic) bond motifs is 1. The van der Waals surface area contributed by atoms with E-state index in [0.29, 0.717) is 11.3 Å². The summed E-state index contributed by atoms with van der Waals surface area (Å²) in [6.07, 6.45) is 0. The monoisotopic (exact) mass is 226 g/mol. The first-order valence-electron chi connectivity index (χ1n) is 5.53. The number of benzene rings is 1. The van der Waals surface area contributed by atoms with Crippen LogP contribution in [0.2, 0.25) is 0 Å². The van der Waals surface area contributed by atoms with Crippen molar-refractivity contribution in [3.63, 3.8) is 0 Å². The average Bonchev–Trinajstić information content (AvgIpc) is 2.17. The Hall–Kier alpha value is -1.12. The van der Waals surface area contributed by atoms with Gasteiger partial charge in [0.15, 0.2) is 6.61 Å². The number of ether oxygens (including phenoxy) is 1. The molecule has 0 N–H and O–H groups in total. The van der Waals surface area contributed by atoms with Gasteiger partial charge in [-0.15, -0.1) is 0 Å². The first kappa shape index (κ1) is 11.4. The molecular weight excluding hydrogens is 210 g/mol. The van der Waals surface area contributed by atoms with Crippen molar-refractivity contribution in [2.75, 3.05) is 6.61 Å². The van der Waals surface area contributed by atoms with E-state index >= 15 is 0 Å². The van der Waals surface area contributed by atoms with E-state index in [-0.39, 0.29) is 5.92 Å². The summed E-state index contributed by atoms with van der Waals surface area (Å²) in [5.41, 5.74) is 1.56. The first-order chi connectivity index (χ1) is 7.43. The molecule has 3 heteroatoms. The third-order valence-corrected chi connectivity index (χ3v) is 3.14. The van der Waals surface area contributed by atoms with Crippen LogP contribution in [0.1, 0.15) is 30.9 Å². The van der Waals surface area contributed by atoms with Crippen LogP contribution in [-0.2, 0) is 0 Å². The van der Waals surface area contributed by atoms with Crippen molar-refractivity contribution in [1.29, 1.82) is 0 Å². The molecule has 0 saturated heterocycles. The van der Waals surface area contributed by atoms with Crippen molar-refractivity contribution in [2.45, 2.75) is 32.6 Å². The molecule has 1 unspecified atom stereocenters. The Labute approximate surface area is 94.4 Å². The van der Waals surface area contributed by atoms with Crippen molar-refractivity contribution in [2.24, 2.45) is 5.92 Å². The van der Waals surface area contributed by atoms with Gasteiger partial charge in [-0.2, -0.15) is 0 Å². The lowest BCUT2D eigenvalue weighted by molar-refractivity contribution is -0.0884. The Kier molecular flexibility index (Phi) is 2.64. The van der Waals surface area contributed by atoms with Crippen LogP contribution < -0.4 is 4.74 Å². The molecular formula is C13H16F2O. The summed E-state index contributed by atoms with van der Waals surface area (Å²) in [6.45, 7) is 5.02. The fourth-order valence-corrected chi connectivity index (χ4v) is 2.47. The second-order valence-electron chi connectivity index (χ2n) is 4.76. The summed E-state index contributed by atoms with van der Waals surface area (Å²) < 4.78 is 32.9. The highest BCUT2D eigenvalue weighted by atomic mass is 19.3. The molecule has 1 aromatic carbocycles. The predicted molar refractivity (Wildman–Crippen MR) is 59.2 cm³/mol. The number of rotatable bonds is 1. The maximum atomic E-state index is 13.9. The number of aryl methyl sites for hydroxylation is 1. The second-order valence-corrected chi connectivity index (χ2v) is 4.76. The Morgan fingerprint density at radius 3 is 2.69 bits per heavy atom. The molecule has 1 aliphatic heterocycles. The zero-order valence-electron chi connectivity index (χ0n) is 9.76. The molecule has 1 heterocycles. The van der Waals surface area contributed by atoms with Crippen LogP contribution in [0.15, 0.2) is 18.2 Å². The molecule has 0 radical (unpaired) electrons. The van der Waals surface area contributed by atoms with Gasteiger partial charge in [0.2, 0.25) is 0 Å². The number of halogens is 2. The van der Waals surface area contributed by atoms with Gasteiger partial charge in [0.25, 0.3) is 5.92 Å². The highest BCUT2D eigenvalue weighted by Gasteiger charge is 2.47. The van der Waals surface area contributed by atoms with Crippen molar-refractivity contribution in [3.05, 3.63) is 29.3 Å². The molecule has 1 aliphatic rings. The molecule has 1 nitrogen and oxygen atoms in total. The molecule has 0 aliphatic carbocycles. The van der Waals surface area contributed by atoms with Gasteiger partial charge in [-0.1, -0.05) is 26.0 Å². The summed E-state index contributed by atoms with van der Waals surface area (Å²) in [5, 5.41) is 0. The molecule has 0 bridgehead atoms. The molecule has 0 amide bonds. The van der Waals surface area contributed by atoms with Crippen molar-refractivity contribution >= 4 is 0 Å². The molecule has 0 spiro atoms. The molecule has 2 rings (SSSR count).